The lowest BCUT2D eigenvalue weighted by Gasteiger charge is -2.11. The van der Waals surface area contributed by atoms with E-state index in [1.54, 1.807) is 12.4 Å². The molecule has 2 rings (SSSR count). The van der Waals surface area contributed by atoms with Crippen LogP contribution in [0.2, 0.25) is 0 Å². The average Bonchev–Trinajstić information content (AvgIpc) is 2.30. The maximum Gasteiger partial charge on any atom is 0.0346 e. The zero-order chi connectivity index (χ0) is 10.7. The topological polar surface area (TPSA) is 51.8 Å². The number of hydrogen-bond acceptors (Lipinski definition) is 3. The Morgan fingerprint density at radius 2 is 1.93 bits per heavy atom. The summed E-state index contributed by atoms with van der Waals surface area (Å²) in [6, 6.07) is 5.89. The summed E-state index contributed by atoms with van der Waals surface area (Å²) in [5.41, 5.74) is 9.12. The van der Waals surface area contributed by atoms with E-state index in [4.69, 9.17) is 5.73 Å². The summed E-state index contributed by atoms with van der Waals surface area (Å²) in [4.78, 5) is 8.19. The zero-order valence-electron chi connectivity index (χ0n) is 8.59. The molecule has 2 heterocycles. The molecule has 0 amide bonds. The molecule has 0 spiro atoms. The fraction of sp³-hybridized carbons (Fsp3) is 0.167. The number of pyridine rings is 2. The van der Waals surface area contributed by atoms with Gasteiger partial charge in [-0.2, -0.15) is 0 Å². The van der Waals surface area contributed by atoms with Gasteiger partial charge in [0, 0.05) is 36.4 Å². The van der Waals surface area contributed by atoms with Crippen molar-refractivity contribution in [2.75, 3.05) is 0 Å². The molecule has 0 aliphatic carbocycles. The predicted molar refractivity (Wildman–Crippen MR) is 60.1 cm³/mol. The van der Waals surface area contributed by atoms with Gasteiger partial charge in [0.2, 0.25) is 0 Å². The summed E-state index contributed by atoms with van der Waals surface area (Å²) in [5.74, 6) is 0. The Morgan fingerprint density at radius 3 is 2.60 bits per heavy atom. The van der Waals surface area contributed by atoms with E-state index in [0.717, 1.165) is 16.7 Å². The Labute approximate surface area is 89.0 Å². The zero-order valence-corrected chi connectivity index (χ0v) is 8.59. The summed E-state index contributed by atoms with van der Waals surface area (Å²) < 4.78 is 0. The van der Waals surface area contributed by atoms with Crippen LogP contribution in [0, 0.1) is 0 Å². The standard InChI is InChI=1S/C12H13N3/c1-9(13)12-8-15-6-4-11(12)10-3-2-5-14-7-10/h2-9H,13H2,1H3. The van der Waals surface area contributed by atoms with Gasteiger partial charge in [-0.15, -0.1) is 0 Å². The Bertz CT molecular complexity index is 438. The average molecular weight is 199 g/mol. The molecule has 0 saturated heterocycles. The highest BCUT2D eigenvalue weighted by atomic mass is 14.7. The van der Waals surface area contributed by atoms with Gasteiger partial charge in [-0.25, -0.2) is 0 Å². The SMILES string of the molecule is CC(N)c1cnccc1-c1cccnc1. The molecule has 2 N–H and O–H groups in total. The first kappa shape index (κ1) is 9.80. The van der Waals surface area contributed by atoms with Crippen LogP contribution < -0.4 is 5.73 Å². The van der Waals surface area contributed by atoms with Gasteiger partial charge in [0.25, 0.3) is 0 Å². The molecule has 2 aromatic rings. The minimum atomic E-state index is -0.0195. The molecule has 1 atom stereocenters. The highest BCUT2D eigenvalue weighted by molar-refractivity contribution is 5.66. The third kappa shape index (κ3) is 2.02. The second kappa shape index (κ2) is 4.19. The molecule has 0 aliphatic rings. The molecular formula is C12H13N3. The summed E-state index contributed by atoms with van der Waals surface area (Å²) >= 11 is 0. The quantitative estimate of drug-likeness (QED) is 0.806. The molecule has 76 valence electrons. The van der Waals surface area contributed by atoms with Crippen molar-refractivity contribution in [2.24, 2.45) is 5.73 Å². The molecule has 15 heavy (non-hydrogen) atoms. The molecule has 0 bridgehead atoms. The molecule has 0 radical (unpaired) electrons. The van der Waals surface area contributed by atoms with Crippen LogP contribution in [0.5, 0.6) is 0 Å². The van der Waals surface area contributed by atoms with Gasteiger partial charge in [-0.3, -0.25) is 9.97 Å². The molecule has 3 nitrogen and oxygen atoms in total. The van der Waals surface area contributed by atoms with Crippen molar-refractivity contribution in [2.45, 2.75) is 13.0 Å². The van der Waals surface area contributed by atoms with Gasteiger partial charge in [0.15, 0.2) is 0 Å². The maximum absolute atomic E-state index is 5.89. The number of rotatable bonds is 2. The van der Waals surface area contributed by atoms with E-state index >= 15 is 0 Å². The van der Waals surface area contributed by atoms with E-state index in [9.17, 15) is 0 Å². The molecule has 0 saturated carbocycles. The van der Waals surface area contributed by atoms with Crippen LogP contribution in [-0.2, 0) is 0 Å². The maximum atomic E-state index is 5.89. The minimum Gasteiger partial charge on any atom is -0.324 e. The molecule has 0 aliphatic heterocycles. The number of hydrogen-bond donors (Lipinski definition) is 1. The van der Waals surface area contributed by atoms with Crippen molar-refractivity contribution in [3.63, 3.8) is 0 Å². The lowest BCUT2D eigenvalue weighted by atomic mass is 9.99. The Hall–Kier alpha value is -1.74. The first-order valence-electron chi connectivity index (χ1n) is 4.89. The van der Waals surface area contributed by atoms with E-state index in [0.29, 0.717) is 0 Å². The minimum absolute atomic E-state index is 0.0195. The second-order valence-corrected chi connectivity index (χ2v) is 3.49. The lowest BCUT2D eigenvalue weighted by Crippen LogP contribution is -2.07. The summed E-state index contributed by atoms with van der Waals surface area (Å²) in [5, 5.41) is 0. The molecule has 0 aromatic carbocycles. The van der Waals surface area contributed by atoms with Gasteiger partial charge in [0.05, 0.1) is 0 Å². The van der Waals surface area contributed by atoms with Gasteiger partial charge < -0.3 is 5.73 Å². The van der Waals surface area contributed by atoms with Crippen molar-refractivity contribution >= 4 is 0 Å². The van der Waals surface area contributed by atoms with Crippen molar-refractivity contribution in [3.8, 4) is 11.1 Å². The number of nitrogens with two attached hydrogens (primary N) is 1. The van der Waals surface area contributed by atoms with Crippen molar-refractivity contribution < 1.29 is 0 Å². The molecule has 2 aromatic heterocycles. The van der Waals surface area contributed by atoms with Gasteiger partial charge in [-0.05, 0) is 30.2 Å². The van der Waals surface area contributed by atoms with Crippen molar-refractivity contribution in [3.05, 3.63) is 48.5 Å². The van der Waals surface area contributed by atoms with Crippen LogP contribution >= 0.6 is 0 Å². The molecular weight excluding hydrogens is 186 g/mol. The highest BCUT2D eigenvalue weighted by Crippen LogP contribution is 2.25. The number of aromatic nitrogens is 2. The summed E-state index contributed by atoms with van der Waals surface area (Å²) in [7, 11) is 0. The fourth-order valence-corrected chi connectivity index (χ4v) is 1.55. The van der Waals surface area contributed by atoms with E-state index in [2.05, 4.69) is 9.97 Å². The van der Waals surface area contributed by atoms with E-state index in [-0.39, 0.29) is 6.04 Å². The second-order valence-electron chi connectivity index (χ2n) is 3.49. The lowest BCUT2D eigenvalue weighted by molar-refractivity contribution is 0.814. The monoisotopic (exact) mass is 199 g/mol. The van der Waals surface area contributed by atoms with Gasteiger partial charge in [-0.1, -0.05) is 6.07 Å². The highest BCUT2D eigenvalue weighted by Gasteiger charge is 2.07. The number of nitrogens with zero attached hydrogens (tertiary/aromatic N) is 2. The van der Waals surface area contributed by atoms with Gasteiger partial charge >= 0.3 is 0 Å². The fourth-order valence-electron chi connectivity index (χ4n) is 1.55. The van der Waals surface area contributed by atoms with E-state index in [1.807, 2.05) is 37.5 Å². The third-order valence-electron chi connectivity index (χ3n) is 2.31. The van der Waals surface area contributed by atoms with Crippen LogP contribution in [0.15, 0.2) is 43.0 Å². The predicted octanol–water partition coefficient (Wildman–Crippen LogP) is 2.16. The van der Waals surface area contributed by atoms with E-state index < -0.39 is 0 Å². The molecule has 0 fully saturated rings. The van der Waals surface area contributed by atoms with E-state index in [1.165, 1.54) is 0 Å². The normalized spacial score (nSPS) is 12.4. The third-order valence-corrected chi connectivity index (χ3v) is 2.31. The van der Waals surface area contributed by atoms with Crippen LogP contribution in [0.1, 0.15) is 18.5 Å². The van der Waals surface area contributed by atoms with Crippen LogP contribution in [0.3, 0.4) is 0 Å². The first-order valence-corrected chi connectivity index (χ1v) is 4.89. The molecule has 3 heteroatoms. The smallest absolute Gasteiger partial charge is 0.0346 e. The van der Waals surface area contributed by atoms with Crippen molar-refractivity contribution in [1.29, 1.82) is 0 Å². The summed E-state index contributed by atoms with van der Waals surface area (Å²) in [6.45, 7) is 1.96. The molecule has 1 unspecified atom stereocenters. The van der Waals surface area contributed by atoms with Crippen LogP contribution in [0.25, 0.3) is 11.1 Å². The van der Waals surface area contributed by atoms with Crippen LogP contribution in [0.4, 0.5) is 0 Å². The Balaban J connectivity index is 2.53. The Morgan fingerprint density at radius 1 is 1.13 bits per heavy atom. The van der Waals surface area contributed by atoms with Crippen LogP contribution in [-0.4, -0.2) is 9.97 Å². The van der Waals surface area contributed by atoms with Crippen molar-refractivity contribution in [1.82, 2.24) is 9.97 Å². The Kier molecular flexibility index (Phi) is 2.74. The first-order chi connectivity index (χ1) is 7.29. The van der Waals surface area contributed by atoms with Gasteiger partial charge in [0.1, 0.15) is 0 Å². The summed E-state index contributed by atoms with van der Waals surface area (Å²) in [6.07, 6.45) is 7.18. The largest absolute Gasteiger partial charge is 0.324 e.